The smallest absolute Gasteiger partial charge is 0.324 e. The number of anilines is 3. The first-order valence-corrected chi connectivity index (χ1v) is 11.4. The van der Waals surface area contributed by atoms with E-state index < -0.39 is 0 Å². The molecule has 1 N–H and O–H groups in total. The number of piperidine rings is 1. The van der Waals surface area contributed by atoms with E-state index in [-0.39, 0.29) is 17.8 Å². The Morgan fingerprint density at radius 1 is 1.23 bits per heavy atom. The van der Waals surface area contributed by atoms with Crippen molar-refractivity contribution in [2.45, 2.75) is 43.6 Å². The lowest BCUT2D eigenvalue weighted by Crippen LogP contribution is -2.38. The van der Waals surface area contributed by atoms with Crippen molar-refractivity contribution >= 4 is 29.3 Å². The number of thioether (sulfide) groups is 1. The first-order valence-electron chi connectivity index (χ1n) is 10.2. The minimum absolute atomic E-state index is 0.0177. The molecule has 0 amide bonds. The van der Waals surface area contributed by atoms with Gasteiger partial charge in [-0.2, -0.15) is 4.98 Å². The molecule has 3 aromatic rings. The predicted molar refractivity (Wildman–Crippen MR) is 118 cm³/mol. The topological polar surface area (TPSA) is 89.2 Å². The van der Waals surface area contributed by atoms with Crippen LogP contribution < -0.4 is 15.0 Å². The summed E-state index contributed by atoms with van der Waals surface area (Å²) in [5.74, 6) is 1.55. The largest absolute Gasteiger partial charge is 0.474 e. The molecular formula is C21H25FN6O2S. The number of benzene rings is 1. The minimum atomic E-state index is -0.332. The van der Waals surface area contributed by atoms with Crippen LogP contribution in [-0.2, 0) is 0 Å². The molecule has 4 rings (SSSR count). The highest BCUT2D eigenvalue weighted by atomic mass is 32.2. The first kappa shape index (κ1) is 21.4. The molecule has 0 aliphatic carbocycles. The molecule has 1 aromatic carbocycles. The van der Waals surface area contributed by atoms with Crippen molar-refractivity contribution in [1.82, 2.24) is 20.1 Å². The van der Waals surface area contributed by atoms with Gasteiger partial charge in [-0.25, -0.2) is 14.4 Å². The summed E-state index contributed by atoms with van der Waals surface area (Å²) in [5, 5.41) is 7.02. The van der Waals surface area contributed by atoms with E-state index in [0.717, 1.165) is 30.8 Å². The average Bonchev–Trinajstić information content (AvgIpc) is 3.27. The molecule has 3 heterocycles. The van der Waals surface area contributed by atoms with Crippen LogP contribution in [-0.4, -0.2) is 45.6 Å². The quantitative estimate of drug-likeness (QED) is 0.524. The maximum Gasteiger partial charge on any atom is 0.324 e. The molecule has 1 aliphatic heterocycles. The van der Waals surface area contributed by atoms with Crippen molar-refractivity contribution in [3.63, 3.8) is 0 Å². The van der Waals surface area contributed by atoms with Crippen molar-refractivity contribution in [3.05, 3.63) is 42.2 Å². The maximum atomic E-state index is 14.2. The SMILES string of the molecule is CSc1ccc(Nc2cc(OC3CCN(c4nc(C(C)C)no4)CC3)ncn2)c(F)c1. The second kappa shape index (κ2) is 9.51. The Hall–Kier alpha value is -2.88. The molecule has 0 spiro atoms. The van der Waals surface area contributed by atoms with Gasteiger partial charge in [0.2, 0.25) is 5.88 Å². The lowest BCUT2D eigenvalue weighted by Gasteiger charge is -2.30. The van der Waals surface area contributed by atoms with Crippen LogP contribution in [0.4, 0.5) is 21.9 Å². The fourth-order valence-corrected chi connectivity index (χ4v) is 3.68. The van der Waals surface area contributed by atoms with Gasteiger partial charge in [0.1, 0.15) is 24.1 Å². The summed E-state index contributed by atoms with van der Waals surface area (Å²) < 4.78 is 25.7. The number of rotatable bonds is 7. The molecule has 10 heteroatoms. The number of nitrogens with zero attached hydrogens (tertiary/aromatic N) is 5. The van der Waals surface area contributed by atoms with Crippen LogP contribution in [0, 0.1) is 5.82 Å². The fourth-order valence-electron chi connectivity index (χ4n) is 3.26. The highest BCUT2D eigenvalue weighted by Crippen LogP contribution is 2.26. The van der Waals surface area contributed by atoms with Crippen molar-refractivity contribution in [2.75, 3.05) is 29.6 Å². The van der Waals surface area contributed by atoms with Gasteiger partial charge < -0.3 is 19.5 Å². The molecule has 0 atom stereocenters. The van der Waals surface area contributed by atoms with E-state index in [1.165, 1.54) is 24.2 Å². The van der Waals surface area contributed by atoms with Gasteiger partial charge >= 0.3 is 6.01 Å². The van der Waals surface area contributed by atoms with Gasteiger partial charge in [0.25, 0.3) is 0 Å². The third kappa shape index (κ3) is 5.25. The molecule has 2 aromatic heterocycles. The van der Waals surface area contributed by atoms with Gasteiger partial charge in [0.05, 0.1) is 5.69 Å². The lowest BCUT2D eigenvalue weighted by molar-refractivity contribution is 0.161. The van der Waals surface area contributed by atoms with E-state index in [4.69, 9.17) is 9.26 Å². The van der Waals surface area contributed by atoms with Crippen molar-refractivity contribution in [2.24, 2.45) is 0 Å². The normalized spacial score (nSPS) is 14.8. The van der Waals surface area contributed by atoms with Gasteiger partial charge in [0, 0.05) is 42.8 Å². The number of halogens is 1. The molecule has 0 saturated carbocycles. The van der Waals surface area contributed by atoms with Crippen LogP contribution in [0.1, 0.15) is 38.4 Å². The fraction of sp³-hybridized carbons (Fsp3) is 0.429. The highest BCUT2D eigenvalue weighted by molar-refractivity contribution is 7.98. The summed E-state index contributed by atoms with van der Waals surface area (Å²) >= 11 is 1.49. The number of nitrogens with one attached hydrogen (secondary N) is 1. The van der Waals surface area contributed by atoms with Crippen LogP contribution in [0.25, 0.3) is 0 Å². The molecule has 0 unspecified atom stereocenters. The van der Waals surface area contributed by atoms with Gasteiger partial charge in [-0.3, -0.25) is 0 Å². The molecule has 1 aliphatic rings. The van der Waals surface area contributed by atoms with Gasteiger partial charge in [0.15, 0.2) is 5.82 Å². The monoisotopic (exact) mass is 444 g/mol. The Balaban J connectivity index is 1.34. The van der Waals surface area contributed by atoms with Crippen LogP contribution in [0.15, 0.2) is 40.0 Å². The van der Waals surface area contributed by atoms with E-state index in [2.05, 4.69) is 30.3 Å². The van der Waals surface area contributed by atoms with Crippen molar-refractivity contribution < 1.29 is 13.7 Å². The Bertz CT molecular complexity index is 1020. The van der Waals surface area contributed by atoms with Gasteiger partial charge in [-0.1, -0.05) is 19.0 Å². The van der Waals surface area contributed by atoms with Crippen molar-refractivity contribution in [1.29, 1.82) is 0 Å². The molecule has 1 saturated heterocycles. The minimum Gasteiger partial charge on any atom is -0.474 e. The lowest BCUT2D eigenvalue weighted by atomic mass is 10.1. The third-order valence-electron chi connectivity index (χ3n) is 5.03. The molecule has 164 valence electrons. The van der Waals surface area contributed by atoms with Crippen molar-refractivity contribution in [3.8, 4) is 5.88 Å². The van der Waals surface area contributed by atoms with Crippen LogP contribution in [0.5, 0.6) is 5.88 Å². The Kier molecular flexibility index (Phi) is 6.55. The first-order chi connectivity index (χ1) is 15.0. The summed E-state index contributed by atoms with van der Waals surface area (Å²) in [7, 11) is 0. The molecule has 1 fully saturated rings. The second-order valence-electron chi connectivity index (χ2n) is 7.61. The number of aromatic nitrogens is 4. The van der Waals surface area contributed by atoms with E-state index in [0.29, 0.717) is 29.2 Å². The van der Waals surface area contributed by atoms with Crippen LogP contribution >= 0.6 is 11.8 Å². The molecule has 31 heavy (non-hydrogen) atoms. The molecule has 0 bridgehead atoms. The molecule has 8 nitrogen and oxygen atoms in total. The molecule has 0 radical (unpaired) electrons. The Morgan fingerprint density at radius 2 is 2.03 bits per heavy atom. The zero-order valence-electron chi connectivity index (χ0n) is 17.7. The van der Waals surface area contributed by atoms with Gasteiger partial charge in [-0.05, 0) is 24.5 Å². The molecular weight excluding hydrogens is 419 g/mol. The summed E-state index contributed by atoms with van der Waals surface area (Å²) in [6, 6.07) is 7.29. The zero-order valence-corrected chi connectivity index (χ0v) is 18.5. The standard InChI is InChI=1S/C21H25FN6O2S/c1-13(2)20-26-21(30-27-20)28-8-6-14(7-9-28)29-19-11-18(23-12-24-19)25-17-5-4-15(31-3)10-16(17)22/h4-5,10-14H,6-9H2,1-3H3,(H,23,24,25). The highest BCUT2D eigenvalue weighted by Gasteiger charge is 2.25. The summed E-state index contributed by atoms with van der Waals surface area (Å²) in [6.07, 6.45) is 4.94. The second-order valence-corrected chi connectivity index (χ2v) is 8.49. The predicted octanol–water partition coefficient (Wildman–Crippen LogP) is 4.64. The Morgan fingerprint density at radius 3 is 2.71 bits per heavy atom. The summed E-state index contributed by atoms with van der Waals surface area (Å²) in [6.45, 7) is 5.58. The summed E-state index contributed by atoms with van der Waals surface area (Å²) in [4.78, 5) is 15.8. The number of hydrogen-bond acceptors (Lipinski definition) is 9. The van der Waals surface area contributed by atoms with Crippen LogP contribution in [0.3, 0.4) is 0 Å². The van der Waals surface area contributed by atoms with E-state index in [9.17, 15) is 4.39 Å². The van der Waals surface area contributed by atoms with E-state index >= 15 is 0 Å². The van der Waals surface area contributed by atoms with E-state index in [1.807, 2.05) is 26.2 Å². The number of ether oxygens (including phenoxy) is 1. The number of hydrogen-bond donors (Lipinski definition) is 1. The maximum absolute atomic E-state index is 14.2. The Labute approximate surface area is 184 Å². The van der Waals surface area contributed by atoms with E-state index in [1.54, 1.807) is 12.1 Å². The third-order valence-corrected chi connectivity index (χ3v) is 5.75. The van der Waals surface area contributed by atoms with Crippen LogP contribution in [0.2, 0.25) is 0 Å². The summed E-state index contributed by atoms with van der Waals surface area (Å²) in [5.41, 5.74) is 0.357. The van der Waals surface area contributed by atoms with Gasteiger partial charge in [-0.15, -0.1) is 11.8 Å². The average molecular weight is 445 g/mol. The zero-order chi connectivity index (χ0) is 21.8.